The fraction of sp³-hybridized carbons (Fsp3) is 0.333. The van der Waals surface area contributed by atoms with Crippen LogP contribution < -0.4 is 5.32 Å². The quantitative estimate of drug-likeness (QED) is 0.511. The average molecular weight is 498 g/mol. The molecule has 162 valence electrons. The van der Waals surface area contributed by atoms with Gasteiger partial charge in [0.05, 0.1) is 23.6 Å². The Kier molecular flexibility index (Phi) is 7.05. The molecule has 7 heteroatoms. The molecule has 0 saturated carbocycles. The van der Waals surface area contributed by atoms with Crippen molar-refractivity contribution in [1.82, 2.24) is 19.6 Å². The fourth-order valence-corrected chi connectivity index (χ4v) is 4.65. The highest BCUT2D eigenvalue weighted by Crippen LogP contribution is 2.22. The van der Waals surface area contributed by atoms with E-state index < -0.39 is 0 Å². The van der Waals surface area contributed by atoms with E-state index in [1.807, 2.05) is 17.7 Å². The number of thiocarbonyl (C=S) groups is 1. The van der Waals surface area contributed by atoms with Crippen LogP contribution in [0.15, 0.2) is 59.1 Å². The summed E-state index contributed by atoms with van der Waals surface area (Å²) in [5.74, 6) is 0. The molecule has 0 unspecified atom stereocenters. The van der Waals surface area contributed by atoms with Gasteiger partial charge < -0.3 is 10.2 Å². The van der Waals surface area contributed by atoms with E-state index in [1.54, 1.807) is 0 Å². The van der Waals surface area contributed by atoms with Crippen molar-refractivity contribution in [2.24, 2.45) is 0 Å². The normalized spacial score (nSPS) is 14.6. The van der Waals surface area contributed by atoms with Gasteiger partial charge in [0.15, 0.2) is 5.11 Å². The maximum Gasteiger partial charge on any atom is 0.173 e. The van der Waals surface area contributed by atoms with Crippen LogP contribution in [0.3, 0.4) is 0 Å². The Labute approximate surface area is 198 Å². The zero-order valence-electron chi connectivity index (χ0n) is 18.0. The summed E-state index contributed by atoms with van der Waals surface area (Å²) in [6, 6.07) is 18.9. The van der Waals surface area contributed by atoms with Crippen molar-refractivity contribution in [3.63, 3.8) is 0 Å². The first-order chi connectivity index (χ1) is 15.0. The van der Waals surface area contributed by atoms with E-state index in [1.165, 1.54) is 15.6 Å². The Bertz CT molecular complexity index is 1040. The number of halogens is 1. The van der Waals surface area contributed by atoms with Crippen molar-refractivity contribution >= 4 is 38.9 Å². The van der Waals surface area contributed by atoms with Crippen molar-refractivity contribution in [3.05, 3.63) is 81.6 Å². The standard InChI is InChI=1S/C24H28BrN5S/c1-18-23(19(2)30(27-18)16-20-8-4-3-5-9-20)26-24(31)29-14-12-28(13-15-29)17-21-10-6-7-11-22(21)25/h3-11H,12-17H2,1-2H3,(H,26,31). The van der Waals surface area contributed by atoms with Crippen molar-refractivity contribution in [1.29, 1.82) is 0 Å². The molecule has 0 atom stereocenters. The molecular weight excluding hydrogens is 470 g/mol. The van der Waals surface area contributed by atoms with Gasteiger partial charge in [-0.1, -0.05) is 64.5 Å². The Hall–Kier alpha value is -2.22. The summed E-state index contributed by atoms with van der Waals surface area (Å²) in [6.07, 6.45) is 0. The molecule has 5 nitrogen and oxygen atoms in total. The average Bonchev–Trinajstić information content (AvgIpc) is 3.04. The van der Waals surface area contributed by atoms with E-state index in [-0.39, 0.29) is 0 Å². The lowest BCUT2D eigenvalue weighted by Gasteiger charge is -2.36. The molecule has 0 radical (unpaired) electrons. The third-order valence-electron chi connectivity index (χ3n) is 5.80. The number of aryl methyl sites for hydroxylation is 1. The number of benzene rings is 2. The van der Waals surface area contributed by atoms with E-state index in [4.69, 9.17) is 17.3 Å². The summed E-state index contributed by atoms with van der Waals surface area (Å²) in [6.45, 7) is 9.69. The maximum absolute atomic E-state index is 5.76. The summed E-state index contributed by atoms with van der Waals surface area (Å²) >= 11 is 9.41. The van der Waals surface area contributed by atoms with Crippen LogP contribution in [0.2, 0.25) is 0 Å². The van der Waals surface area contributed by atoms with Crippen LogP contribution in [0.5, 0.6) is 0 Å². The molecule has 0 amide bonds. The van der Waals surface area contributed by atoms with Crippen LogP contribution in [0, 0.1) is 13.8 Å². The fourth-order valence-electron chi connectivity index (χ4n) is 3.95. The largest absolute Gasteiger partial charge is 0.346 e. The second-order valence-electron chi connectivity index (χ2n) is 7.97. The minimum atomic E-state index is 0.760. The minimum absolute atomic E-state index is 0.760. The topological polar surface area (TPSA) is 36.3 Å². The van der Waals surface area contributed by atoms with Crippen LogP contribution in [-0.4, -0.2) is 50.9 Å². The van der Waals surface area contributed by atoms with Crippen LogP contribution in [0.4, 0.5) is 5.69 Å². The lowest BCUT2D eigenvalue weighted by molar-refractivity contribution is 0.176. The Morgan fingerprint density at radius 2 is 1.65 bits per heavy atom. The highest BCUT2D eigenvalue weighted by atomic mass is 79.9. The summed E-state index contributed by atoms with van der Waals surface area (Å²) in [4.78, 5) is 4.74. The Balaban J connectivity index is 1.34. The van der Waals surface area contributed by atoms with Gasteiger partial charge in [0.25, 0.3) is 0 Å². The SMILES string of the molecule is Cc1nn(Cc2ccccc2)c(C)c1NC(=S)N1CCN(Cc2ccccc2Br)CC1. The number of anilines is 1. The van der Waals surface area contributed by atoms with E-state index in [0.717, 1.165) is 61.5 Å². The van der Waals surface area contributed by atoms with Gasteiger partial charge in [-0.25, -0.2) is 0 Å². The summed E-state index contributed by atoms with van der Waals surface area (Å²) in [5.41, 5.74) is 5.67. The molecule has 0 bridgehead atoms. The number of nitrogens with one attached hydrogen (secondary N) is 1. The number of hydrogen-bond acceptors (Lipinski definition) is 3. The molecule has 2 aromatic carbocycles. The molecule has 4 rings (SSSR count). The molecule has 1 N–H and O–H groups in total. The molecular formula is C24H28BrN5S. The summed E-state index contributed by atoms with van der Waals surface area (Å²) in [5, 5.41) is 8.99. The van der Waals surface area contributed by atoms with Gasteiger partial charge >= 0.3 is 0 Å². The summed E-state index contributed by atoms with van der Waals surface area (Å²) < 4.78 is 3.22. The smallest absolute Gasteiger partial charge is 0.173 e. The first kappa shape index (κ1) is 22.0. The van der Waals surface area contributed by atoms with Crippen LogP contribution in [0.25, 0.3) is 0 Å². The van der Waals surface area contributed by atoms with Crippen molar-refractivity contribution in [3.8, 4) is 0 Å². The van der Waals surface area contributed by atoms with Crippen molar-refractivity contribution in [2.75, 3.05) is 31.5 Å². The third kappa shape index (κ3) is 5.34. The number of nitrogens with zero attached hydrogens (tertiary/aromatic N) is 4. The monoisotopic (exact) mass is 497 g/mol. The van der Waals surface area contributed by atoms with E-state index in [0.29, 0.717) is 0 Å². The van der Waals surface area contributed by atoms with Gasteiger partial charge in [-0.15, -0.1) is 0 Å². The second-order valence-corrected chi connectivity index (χ2v) is 9.21. The third-order valence-corrected chi connectivity index (χ3v) is 6.93. The van der Waals surface area contributed by atoms with E-state index >= 15 is 0 Å². The Morgan fingerprint density at radius 3 is 2.35 bits per heavy atom. The number of aromatic nitrogens is 2. The van der Waals surface area contributed by atoms with Gasteiger partial charge in [0.2, 0.25) is 0 Å². The first-order valence-corrected chi connectivity index (χ1v) is 11.8. The summed E-state index contributed by atoms with van der Waals surface area (Å²) in [7, 11) is 0. The number of rotatable bonds is 5. The molecule has 1 aliphatic rings. The number of hydrogen-bond donors (Lipinski definition) is 1. The molecule has 1 aromatic heterocycles. The minimum Gasteiger partial charge on any atom is -0.346 e. The first-order valence-electron chi connectivity index (χ1n) is 10.6. The predicted molar refractivity (Wildman–Crippen MR) is 134 cm³/mol. The molecule has 3 aromatic rings. The predicted octanol–water partition coefficient (Wildman–Crippen LogP) is 4.83. The second kappa shape index (κ2) is 9.94. The zero-order chi connectivity index (χ0) is 21.8. The molecule has 2 heterocycles. The van der Waals surface area contributed by atoms with Gasteiger partial charge in [-0.3, -0.25) is 9.58 Å². The highest BCUT2D eigenvalue weighted by Gasteiger charge is 2.21. The van der Waals surface area contributed by atoms with Crippen LogP contribution in [-0.2, 0) is 13.1 Å². The zero-order valence-corrected chi connectivity index (χ0v) is 20.4. The lowest BCUT2D eigenvalue weighted by atomic mass is 10.2. The maximum atomic E-state index is 5.76. The highest BCUT2D eigenvalue weighted by molar-refractivity contribution is 9.10. The van der Waals surface area contributed by atoms with Crippen molar-refractivity contribution < 1.29 is 0 Å². The molecule has 0 aliphatic carbocycles. The molecule has 1 saturated heterocycles. The van der Waals surface area contributed by atoms with Crippen molar-refractivity contribution in [2.45, 2.75) is 26.9 Å². The van der Waals surface area contributed by atoms with Crippen LogP contribution >= 0.6 is 28.1 Å². The Morgan fingerprint density at radius 1 is 0.968 bits per heavy atom. The van der Waals surface area contributed by atoms with Gasteiger partial charge in [0, 0.05) is 37.2 Å². The van der Waals surface area contributed by atoms with E-state index in [2.05, 4.69) is 86.5 Å². The molecule has 1 aliphatic heterocycles. The molecule has 31 heavy (non-hydrogen) atoms. The molecule has 0 spiro atoms. The van der Waals surface area contributed by atoms with Crippen LogP contribution in [0.1, 0.15) is 22.5 Å². The number of piperazine rings is 1. The van der Waals surface area contributed by atoms with Gasteiger partial charge in [-0.2, -0.15) is 5.10 Å². The van der Waals surface area contributed by atoms with Gasteiger partial charge in [0.1, 0.15) is 0 Å². The van der Waals surface area contributed by atoms with E-state index in [9.17, 15) is 0 Å². The van der Waals surface area contributed by atoms with Gasteiger partial charge in [-0.05, 0) is 43.3 Å². The molecule has 1 fully saturated rings. The lowest BCUT2D eigenvalue weighted by Crippen LogP contribution is -2.49.